The largest absolute Gasteiger partial charge is 0.292 e. The number of nitrogens with zero attached hydrogens (tertiary/aromatic N) is 3. The second-order valence-electron chi connectivity index (χ2n) is 6.58. The molecule has 0 saturated carbocycles. The Balaban J connectivity index is 2.14. The zero-order chi connectivity index (χ0) is 18.4. The molecule has 1 aliphatic heterocycles. The number of hydrogen-bond donors (Lipinski definition) is 0. The van der Waals surface area contributed by atoms with E-state index in [9.17, 15) is 14.4 Å². The van der Waals surface area contributed by atoms with Gasteiger partial charge < -0.3 is 0 Å². The molecule has 0 N–H and O–H groups in total. The second-order valence-corrected chi connectivity index (χ2v) is 7.92. The number of hydrazine groups is 1. The van der Waals surface area contributed by atoms with E-state index in [4.69, 9.17) is 11.6 Å². The molecule has 1 aliphatic rings. The lowest BCUT2D eigenvalue weighted by atomic mass is 10.00. The topological polar surface area (TPSA) is 70.6 Å². The van der Waals surface area contributed by atoms with Crippen molar-refractivity contribution >= 4 is 46.7 Å². The summed E-state index contributed by atoms with van der Waals surface area (Å²) in [4.78, 5) is 42.3. The molecule has 1 atom stereocenters. The number of fused-ring (bicyclic) bond motifs is 1. The number of anilines is 1. The number of carbonyl (C=O) groups is 3. The van der Waals surface area contributed by atoms with Crippen molar-refractivity contribution in [3.8, 4) is 0 Å². The fourth-order valence-electron chi connectivity index (χ4n) is 2.72. The van der Waals surface area contributed by atoms with Gasteiger partial charge in [0.15, 0.2) is 5.78 Å². The SMILES string of the molecule is CC(C)(C)N(C=O)N1C(=O)C(C(=O)c2cccs2)c2nc(Cl)ccc21. The van der Waals surface area contributed by atoms with Gasteiger partial charge in [-0.3, -0.25) is 14.4 Å². The molecule has 0 aromatic carbocycles. The van der Waals surface area contributed by atoms with Crippen molar-refractivity contribution in [3.05, 3.63) is 45.4 Å². The van der Waals surface area contributed by atoms with Crippen molar-refractivity contribution in [2.45, 2.75) is 32.2 Å². The van der Waals surface area contributed by atoms with Gasteiger partial charge in [0, 0.05) is 0 Å². The number of carbonyl (C=O) groups excluding carboxylic acids is 3. The monoisotopic (exact) mass is 377 g/mol. The van der Waals surface area contributed by atoms with Crippen LogP contribution < -0.4 is 5.01 Å². The van der Waals surface area contributed by atoms with Gasteiger partial charge in [0.25, 0.3) is 5.91 Å². The summed E-state index contributed by atoms with van der Waals surface area (Å²) in [5.74, 6) is -1.97. The van der Waals surface area contributed by atoms with Gasteiger partial charge in [-0.25, -0.2) is 15.0 Å². The highest BCUT2D eigenvalue weighted by Crippen LogP contribution is 2.41. The van der Waals surface area contributed by atoms with Crippen LogP contribution in [0.3, 0.4) is 0 Å². The van der Waals surface area contributed by atoms with Crippen molar-refractivity contribution in [1.29, 1.82) is 0 Å². The molecule has 3 heterocycles. The van der Waals surface area contributed by atoms with Crippen molar-refractivity contribution in [2.24, 2.45) is 0 Å². The number of ketones is 1. The van der Waals surface area contributed by atoms with E-state index < -0.39 is 17.4 Å². The Kier molecular flexibility index (Phi) is 4.38. The van der Waals surface area contributed by atoms with Gasteiger partial charge in [-0.05, 0) is 44.4 Å². The Labute approximate surface area is 154 Å². The standard InChI is InChI=1S/C17H16ClN3O3S/c1-17(2,3)20(9-22)21-10-6-7-12(18)19-14(10)13(16(21)24)15(23)11-5-4-8-25-11/h4-9,13H,1-3H3. The molecular formula is C17H16ClN3O3S. The molecule has 1 unspecified atom stereocenters. The molecule has 0 aliphatic carbocycles. The summed E-state index contributed by atoms with van der Waals surface area (Å²) in [5.41, 5.74) is 0.00757. The maximum atomic E-state index is 13.1. The van der Waals surface area contributed by atoms with Gasteiger partial charge in [0.05, 0.1) is 21.8 Å². The van der Waals surface area contributed by atoms with E-state index in [0.717, 1.165) is 0 Å². The molecule has 6 nitrogen and oxygen atoms in total. The second kappa shape index (κ2) is 6.24. The summed E-state index contributed by atoms with van der Waals surface area (Å²) in [5, 5.41) is 4.45. The predicted octanol–water partition coefficient (Wildman–Crippen LogP) is 3.28. The summed E-state index contributed by atoms with van der Waals surface area (Å²) in [6.45, 7) is 5.39. The van der Waals surface area contributed by atoms with Crippen LogP contribution in [-0.4, -0.2) is 33.6 Å². The maximum Gasteiger partial charge on any atom is 0.263 e. The number of hydrogen-bond acceptors (Lipinski definition) is 5. The Bertz CT molecular complexity index is 845. The van der Waals surface area contributed by atoms with Gasteiger partial charge >= 0.3 is 0 Å². The average Bonchev–Trinajstić information content (AvgIpc) is 3.14. The average molecular weight is 378 g/mol. The third-order valence-electron chi connectivity index (χ3n) is 3.85. The van der Waals surface area contributed by atoms with E-state index in [1.54, 1.807) is 44.4 Å². The minimum atomic E-state index is -1.11. The number of halogens is 1. The molecule has 130 valence electrons. The van der Waals surface area contributed by atoms with E-state index >= 15 is 0 Å². The number of pyridine rings is 1. The third-order valence-corrected chi connectivity index (χ3v) is 4.95. The summed E-state index contributed by atoms with van der Waals surface area (Å²) in [6, 6.07) is 6.54. The molecule has 0 saturated heterocycles. The molecule has 0 fully saturated rings. The Morgan fingerprint density at radius 3 is 2.64 bits per heavy atom. The first kappa shape index (κ1) is 17.6. The molecule has 0 spiro atoms. The molecule has 25 heavy (non-hydrogen) atoms. The molecule has 0 bridgehead atoms. The first-order valence-corrected chi connectivity index (χ1v) is 8.84. The summed E-state index contributed by atoms with van der Waals surface area (Å²) in [7, 11) is 0. The molecule has 2 aromatic rings. The summed E-state index contributed by atoms with van der Waals surface area (Å²) >= 11 is 7.24. The number of Topliss-reactive ketones (excluding diaryl/α,β-unsaturated/α-hetero) is 1. The lowest BCUT2D eigenvalue weighted by molar-refractivity contribution is -0.132. The van der Waals surface area contributed by atoms with Crippen LogP contribution >= 0.6 is 22.9 Å². The highest BCUT2D eigenvalue weighted by atomic mass is 35.5. The summed E-state index contributed by atoms with van der Waals surface area (Å²) in [6.07, 6.45) is 0.578. The quantitative estimate of drug-likeness (QED) is 0.355. The maximum absolute atomic E-state index is 13.1. The zero-order valence-corrected chi connectivity index (χ0v) is 15.5. The van der Waals surface area contributed by atoms with Crippen molar-refractivity contribution in [2.75, 3.05) is 5.01 Å². The molecule has 0 radical (unpaired) electrons. The molecule has 8 heteroatoms. The molecule has 2 aromatic heterocycles. The van der Waals surface area contributed by atoms with Crippen LogP contribution in [0.1, 0.15) is 42.1 Å². The fourth-order valence-corrected chi connectivity index (χ4v) is 3.57. The zero-order valence-electron chi connectivity index (χ0n) is 13.9. The van der Waals surface area contributed by atoms with E-state index in [-0.39, 0.29) is 16.6 Å². The van der Waals surface area contributed by atoms with E-state index in [1.165, 1.54) is 27.4 Å². The van der Waals surface area contributed by atoms with Crippen LogP contribution in [0.15, 0.2) is 29.6 Å². The first-order valence-electron chi connectivity index (χ1n) is 7.58. The lowest BCUT2D eigenvalue weighted by Gasteiger charge is -2.38. The van der Waals surface area contributed by atoms with E-state index in [1.807, 2.05) is 0 Å². The van der Waals surface area contributed by atoms with Gasteiger partial charge in [0.2, 0.25) is 6.41 Å². The Morgan fingerprint density at radius 2 is 2.08 bits per heavy atom. The highest BCUT2D eigenvalue weighted by Gasteiger charge is 2.48. The van der Waals surface area contributed by atoms with Gasteiger partial charge in [0.1, 0.15) is 11.1 Å². The van der Waals surface area contributed by atoms with Crippen LogP contribution in [0.25, 0.3) is 0 Å². The first-order chi connectivity index (χ1) is 11.8. The van der Waals surface area contributed by atoms with Crippen molar-refractivity contribution in [3.63, 3.8) is 0 Å². The number of amides is 2. The van der Waals surface area contributed by atoms with E-state index in [2.05, 4.69) is 4.98 Å². The van der Waals surface area contributed by atoms with Gasteiger partial charge in [-0.1, -0.05) is 17.7 Å². The van der Waals surface area contributed by atoms with Crippen LogP contribution in [0.2, 0.25) is 5.15 Å². The Hall–Kier alpha value is -2.25. The van der Waals surface area contributed by atoms with Gasteiger partial charge in [-0.2, -0.15) is 0 Å². The normalized spacial score (nSPS) is 16.7. The molecular weight excluding hydrogens is 362 g/mol. The van der Waals surface area contributed by atoms with Crippen LogP contribution in [0.5, 0.6) is 0 Å². The minimum absolute atomic E-state index is 0.186. The van der Waals surface area contributed by atoms with Crippen LogP contribution in [0.4, 0.5) is 5.69 Å². The predicted molar refractivity (Wildman–Crippen MR) is 95.8 cm³/mol. The molecule has 3 rings (SSSR count). The minimum Gasteiger partial charge on any atom is -0.292 e. The van der Waals surface area contributed by atoms with Crippen molar-refractivity contribution < 1.29 is 14.4 Å². The number of rotatable bonds is 4. The highest BCUT2D eigenvalue weighted by molar-refractivity contribution is 7.12. The lowest BCUT2D eigenvalue weighted by Crippen LogP contribution is -2.54. The van der Waals surface area contributed by atoms with Crippen molar-refractivity contribution in [1.82, 2.24) is 9.99 Å². The molecule has 2 amide bonds. The summed E-state index contributed by atoms with van der Waals surface area (Å²) < 4.78 is 0. The number of thiophene rings is 1. The van der Waals surface area contributed by atoms with E-state index in [0.29, 0.717) is 17.0 Å². The Morgan fingerprint density at radius 1 is 1.36 bits per heavy atom. The fraction of sp³-hybridized carbons (Fsp3) is 0.294. The number of aromatic nitrogens is 1. The van der Waals surface area contributed by atoms with Gasteiger partial charge in [-0.15, -0.1) is 11.3 Å². The smallest absolute Gasteiger partial charge is 0.263 e. The third kappa shape index (κ3) is 2.94. The van der Waals surface area contributed by atoms with Crippen LogP contribution in [-0.2, 0) is 9.59 Å². The van der Waals surface area contributed by atoms with Crippen LogP contribution in [0, 0.1) is 0 Å².